The highest BCUT2D eigenvalue weighted by molar-refractivity contribution is 6.05. The molecular formula is C19H23N3O4. The summed E-state index contributed by atoms with van der Waals surface area (Å²) in [6, 6.07) is 6.91. The van der Waals surface area contributed by atoms with Crippen LogP contribution in [-0.2, 0) is 0 Å². The first-order valence-electron chi connectivity index (χ1n) is 8.48. The molecule has 1 amide bonds. The SMILES string of the molecule is COc1cc(NC(=O)c2ccnc(N3CCCC3)c2)cc(OC)c1OC. The molecule has 0 unspecified atom stereocenters. The number of ether oxygens (including phenoxy) is 3. The number of aromatic nitrogens is 1. The fourth-order valence-electron chi connectivity index (χ4n) is 3.04. The topological polar surface area (TPSA) is 72.9 Å². The fourth-order valence-corrected chi connectivity index (χ4v) is 3.04. The predicted octanol–water partition coefficient (Wildman–Crippen LogP) is 2.96. The Balaban J connectivity index is 1.82. The lowest BCUT2D eigenvalue weighted by Crippen LogP contribution is -2.20. The molecule has 2 aromatic rings. The van der Waals surface area contributed by atoms with Crippen LogP contribution in [0.5, 0.6) is 17.2 Å². The van der Waals surface area contributed by atoms with Crippen LogP contribution in [-0.4, -0.2) is 45.3 Å². The Morgan fingerprint density at radius 3 is 2.27 bits per heavy atom. The van der Waals surface area contributed by atoms with Crippen LogP contribution in [0.2, 0.25) is 0 Å². The number of benzene rings is 1. The van der Waals surface area contributed by atoms with E-state index in [2.05, 4.69) is 15.2 Å². The molecule has 1 N–H and O–H groups in total. The summed E-state index contributed by atoms with van der Waals surface area (Å²) in [5, 5.41) is 2.88. The van der Waals surface area contributed by atoms with Crippen molar-refractivity contribution >= 4 is 17.4 Å². The number of rotatable bonds is 6. The van der Waals surface area contributed by atoms with Crippen molar-refractivity contribution in [2.75, 3.05) is 44.6 Å². The lowest BCUT2D eigenvalue weighted by molar-refractivity contribution is 0.102. The highest BCUT2D eigenvalue weighted by Gasteiger charge is 2.17. The summed E-state index contributed by atoms with van der Waals surface area (Å²) in [6.45, 7) is 1.95. The molecule has 3 rings (SSSR count). The zero-order valence-corrected chi connectivity index (χ0v) is 15.2. The van der Waals surface area contributed by atoms with Crippen LogP contribution in [0, 0.1) is 0 Å². The number of anilines is 2. The Labute approximate surface area is 152 Å². The lowest BCUT2D eigenvalue weighted by Gasteiger charge is -2.17. The molecule has 0 radical (unpaired) electrons. The van der Waals surface area contributed by atoms with Crippen molar-refractivity contribution in [3.63, 3.8) is 0 Å². The lowest BCUT2D eigenvalue weighted by atomic mass is 10.2. The van der Waals surface area contributed by atoms with Gasteiger partial charge < -0.3 is 24.4 Å². The van der Waals surface area contributed by atoms with E-state index in [-0.39, 0.29) is 5.91 Å². The minimum atomic E-state index is -0.220. The number of carbonyl (C=O) groups excluding carboxylic acids is 1. The molecule has 26 heavy (non-hydrogen) atoms. The minimum absolute atomic E-state index is 0.220. The molecule has 0 atom stereocenters. The Bertz CT molecular complexity index is 763. The Morgan fingerprint density at radius 1 is 1.04 bits per heavy atom. The van der Waals surface area contributed by atoms with Crippen molar-refractivity contribution < 1.29 is 19.0 Å². The summed E-state index contributed by atoms with van der Waals surface area (Å²) in [5.41, 5.74) is 1.11. The van der Waals surface area contributed by atoms with E-state index in [0.717, 1.165) is 31.7 Å². The molecule has 1 aliphatic rings. The Hall–Kier alpha value is -2.96. The summed E-state index contributed by atoms with van der Waals surface area (Å²) in [5.74, 6) is 2.06. The molecule has 0 aliphatic carbocycles. The van der Waals surface area contributed by atoms with Gasteiger partial charge >= 0.3 is 0 Å². The maximum atomic E-state index is 12.7. The average molecular weight is 357 g/mol. The molecule has 1 fully saturated rings. The van der Waals surface area contributed by atoms with Gasteiger partial charge in [0, 0.05) is 42.7 Å². The van der Waals surface area contributed by atoms with Crippen molar-refractivity contribution in [2.45, 2.75) is 12.8 Å². The molecule has 1 aromatic carbocycles. The summed E-state index contributed by atoms with van der Waals surface area (Å²) >= 11 is 0. The normalized spacial score (nSPS) is 13.4. The third-order valence-electron chi connectivity index (χ3n) is 4.36. The largest absolute Gasteiger partial charge is 0.493 e. The average Bonchev–Trinajstić information content (AvgIpc) is 3.22. The van der Waals surface area contributed by atoms with Gasteiger partial charge in [0.25, 0.3) is 5.91 Å². The molecule has 138 valence electrons. The van der Waals surface area contributed by atoms with Crippen LogP contribution in [0.15, 0.2) is 30.5 Å². The standard InChI is InChI=1S/C19H23N3O4/c1-24-15-11-14(12-16(25-2)18(15)26-3)21-19(23)13-6-7-20-17(10-13)22-8-4-5-9-22/h6-7,10-12H,4-5,8-9H2,1-3H3,(H,21,23). The van der Waals surface area contributed by atoms with Gasteiger partial charge in [0.05, 0.1) is 21.3 Å². The van der Waals surface area contributed by atoms with Crippen molar-refractivity contribution in [1.29, 1.82) is 0 Å². The van der Waals surface area contributed by atoms with Crippen molar-refractivity contribution in [2.24, 2.45) is 0 Å². The second-order valence-corrected chi connectivity index (χ2v) is 5.97. The van der Waals surface area contributed by atoms with Gasteiger partial charge in [0.15, 0.2) is 11.5 Å². The Kier molecular flexibility index (Phi) is 5.46. The van der Waals surface area contributed by atoms with Gasteiger partial charge in [-0.25, -0.2) is 4.98 Å². The molecule has 2 heterocycles. The third-order valence-corrected chi connectivity index (χ3v) is 4.36. The second kappa shape index (κ2) is 7.95. The van der Waals surface area contributed by atoms with Gasteiger partial charge in [-0.3, -0.25) is 4.79 Å². The van der Waals surface area contributed by atoms with Crippen molar-refractivity contribution in [3.05, 3.63) is 36.0 Å². The van der Waals surface area contributed by atoms with Crippen LogP contribution >= 0.6 is 0 Å². The monoisotopic (exact) mass is 357 g/mol. The third kappa shape index (κ3) is 3.66. The van der Waals surface area contributed by atoms with Gasteiger partial charge in [-0.1, -0.05) is 0 Å². The van der Waals surface area contributed by atoms with Crippen LogP contribution < -0.4 is 24.4 Å². The fraction of sp³-hybridized carbons (Fsp3) is 0.368. The van der Waals surface area contributed by atoms with Gasteiger partial charge in [0.1, 0.15) is 5.82 Å². The maximum Gasteiger partial charge on any atom is 0.255 e. The number of nitrogens with zero attached hydrogens (tertiary/aromatic N) is 2. The van der Waals surface area contributed by atoms with E-state index in [0.29, 0.717) is 28.5 Å². The van der Waals surface area contributed by atoms with Crippen LogP contribution in [0.4, 0.5) is 11.5 Å². The molecule has 7 nitrogen and oxygen atoms in total. The van der Waals surface area contributed by atoms with Gasteiger partial charge in [0.2, 0.25) is 5.75 Å². The second-order valence-electron chi connectivity index (χ2n) is 5.97. The van der Waals surface area contributed by atoms with E-state index in [4.69, 9.17) is 14.2 Å². The van der Waals surface area contributed by atoms with E-state index >= 15 is 0 Å². The van der Waals surface area contributed by atoms with Crippen molar-refractivity contribution in [3.8, 4) is 17.2 Å². The number of hydrogen-bond donors (Lipinski definition) is 1. The van der Waals surface area contributed by atoms with Gasteiger partial charge in [-0.2, -0.15) is 0 Å². The molecule has 0 saturated carbocycles. The molecule has 1 aromatic heterocycles. The molecule has 1 aliphatic heterocycles. The number of hydrogen-bond acceptors (Lipinski definition) is 6. The quantitative estimate of drug-likeness (QED) is 0.857. The van der Waals surface area contributed by atoms with Crippen LogP contribution in [0.25, 0.3) is 0 Å². The van der Waals surface area contributed by atoms with Gasteiger partial charge in [-0.15, -0.1) is 0 Å². The number of pyridine rings is 1. The van der Waals surface area contributed by atoms with E-state index in [1.807, 2.05) is 6.07 Å². The van der Waals surface area contributed by atoms with E-state index < -0.39 is 0 Å². The highest BCUT2D eigenvalue weighted by Crippen LogP contribution is 2.40. The molecular weight excluding hydrogens is 334 g/mol. The smallest absolute Gasteiger partial charge is 0.255 e. The zero-order chi connectivity index (χ0) is 18.5. The highest BCUT2D eigenvalue weighted by atomic mass is 16.5. The minimum Gasteiger partial charge on any atom is -0.493 e. The number of nitrogens with one attached hydrogen (secondary N) is 1. The summed E-state index contributed by atoms with van der Waals surface area (Å²) in [6.07, 6.45) is 3.98. The van der Waals surface area contributed by atoms with E-state index in [1.165, 1.54) is 21.3 Å². The van der Waals surface area contributed by atoms with E-state index in [9.17, 15) is 4.79 Å². The summed E-state index contributed by atoms with van der Waals surface area (Å²) < 4.78 is 15.9. The maximum absolute atomic E-state index is 12.7. The zero-order valence-electron chi connectivity index (χ0n) is 15.2. The Morgan fingerprint density at radius 2 is 1.69 bits per heavy atom. The van der Waals surface area contributed by atoms with Crippen LogP contribution in [0.3, 0.4) is 0 Å². The summed E-state index contributed by atoms with van der Waals surface area (Å²) in [7, 11) is 4.61. The number of amides is 1. The van der Waals surface area contributed by atoms with Gasteiger partial charge in [-0.05, 0) is 25.0 Å². The molecule has 0 spiro atoms. The molecule has 1 saturated heterocycles. The number of carbonyl (C=O) groups is 1. The van der Waals surface area contributed by atoms with E-state index in [1.54, 1.807) is 24.4 Å². The predicted molar refractivity (Wildman–Crippen MR) is 99.7 cm³/mol. The van der Waals surface area contributed by atoms with Crippen LogP contribution in [0.1, 0.15) is 23.2 Å². The van der Waals surface area contributed by atoms with Crippen molar-refractivity contribution in [1.82, 2.24) is 4.98 Å². The first-order chi connectivity index (χ1) is 12.7. The molecule has 0 bridgehead atoms. The first-order valence-corrected chi connectivity index (χ1v) is 8.48. The number of methoxy groups -OCH3 is 3. The first kappa shape index (κ1) is 17.8. The molecule has 7 heteroatoms. The summed E-state index contributed by atoms with van der Waals surface area (Å²) in [4.78, 5) is 19.2.